The SMILES string of the molecule is CNCCCNC(=O)c1cccc(OCCCOC)c1. The summed E-state index contributed by atoms with van der Waals surface area (Å²) in [5, 5.41) is 5.93. The molecule has 5 heteroatoms. The van der Waals surface area contributed by atoms with Gasteiger partial charge in [-0.25, -0.2) is 0 Å². The van der Waals surface area contributed by atoms with Gasteiger partial charge in [0.25, 0.3) is 5.91 Å². The van der Waals surface area contributed by atoms with Crippen LogP contribution in [0.3, 0.4) is 0 Å². The molecule has 0 unspecified atom stereocenters. The Morgan fingerprint density at radius 1 is 1.20 bits per heavy atom. The Kier molecular flexibility index (Phi) is 8.42. The fourth-order valence-electron chi connectivity index (χ4n) is 1.69. The molecule has 2 N–H and O–H groups in total. The molecule has 0 aromatic heterocycles. The fourth-order valence-corrected chi connectivity index (χ4v) is 1.69. The van der Waals surface area contributed by atoms with Crippen molar-refractivity contribution in [2.24, 2.45) is 0 Å². The quantitative estimate of drug-likeness (QED) is 0.637. The summed E-state index contributed by atoms with van der Waals surface area (Å²) >= 11 is 0. The zero-order valence-electron chi connectivity index (χ0n) is 12.3. The molecule has 1 rings (SSSR count). The van der Waals surface area contributed by atoms with Crippen LogP contribution in [0.25, 0.3) is 0 Å². The van der Waals surface area contributed by atoms with Crippen molar-refractivity contribution in [1.82, 2.24) is 10.6 Å². The molecular formula is C15H24N2O3. The molecule has 0 aliphatic carbocycles. The smallest absolute Gasteiger partial charge is 0.251 e. The predicted octanol–water partition coefficient (Wildman–Crippen LogP) is 1.44. The molecule has 0 aliphatic rings. The average molecular weight is 280 g/mol. The number of hydrogen-bond acceptors (Lipinski definition) is 4. The highest BCUT2D eigenvalue weighted by Gasteiger charge is 2.05. The molecule has 0 spiro atoms. The van der Waals surface area contributed by atoms with Crippen molar-refractivity contribution in [3.8, 4) is 5.75 Å². The van der Waals surface area contributed by atoms with E-state index in [9.17, 15) is 4.79 Å². The molecule has 1 aromatic carbocycles. The number of hydrogen-bond donors (Lipinski definition) is 2. The van der Waals surface area contributed by atoms with E-state index in [2.05, 4.69) is 10.6 Å². The fraction of sp³-hybridized carbons (Fsp3) is 0.533. The van der Waals surface area contributed by atoms with E-state index in [1.165, 1.54) is 0 Å². The monoisotopic (exact) mass is 280 g/mol. The molecule has 0 aliphatic heterocycles. The topological polar surface area (TPSA) is 59.6 Å². The summed E-state index contributed by atoms with van der Waals surface area (Å²) < 4.78 is 10.5. The van der Waals surface area contributed by atoms with E-state index in [0.717, 1.165) is 19.4 Å². The van der Waals surface area contributed by atoms with Gasteiger partial charge in [0.05, 0.1) is 6.61 Å². The van der Waals surface area contributed by atoms with Gasteiger partial charge in [-0.2, -0.15) is 0 Å². The van der Waals surface area contributed by atoms with E-state index < -0.39 is 0 Å². The van der Waals surface area contributed by atoms with Crippen LogP contribution in [-0.2, 0) is 4.74 Å². The maximum Gasteiger partial charge on any atom is 0.251 e. The number of rotatable bonds is 10. The van der Waals surface area contributed by atoms with Crippen molar-refractivity contribution in [2.45, 2.75) is 12.8 Å². The molecule has 5 nitrogen and oxygen atoms in total. The lowest BCUT2D eigenvalue weighted by Gasteiger charge is -2.08. The Morgan fingerprint density at radius 3 is 2.80 bits per heavy atom. The van der Waals surface area contributed by atoms with Gasteiger partial charge >= 0.3 is 0 Å². The first-order valence-corrected chi connectivity index (χ1v) is 6.92. The summed E-state index contributed by atoms with van der Waals surface area (Å²) in [6, 6.07) is 7.23. The Hall–Kier alpha value is -1.59. The highest BCUT2D eigenvalue weighted by Crippen LogP contribution is 2.13. The number of ether oxygens (including phenoxy) is 2. The minimum atomic E-state index is -0.0663. The molecule has 20 heavy (non-hydrogen) atoms. The average Bonchev–Trinajstić information content (AvgIpc) is 2.48. The molecule has 0 atom stereocenters. The van der Waals surface area contributed by atoms with Crippen LogP contribution in [0.5, 0.6) is 5.75 Å². The van der Waals surface area contributed by atoms with Crippen LogP contribution < -0.4 is 15.4 Å². The maximum absolute atomic E-state index is 11.9. The third-order valence-corrected chi connectivity index (χ3v) is 2.75. The molecule has 0 saturated carbocycles. The van der Waals surface area contributed by atoms with Crippen molar-refractivity contribution in [2.75, 3.05) is 40.5 Å². The summed E-state index contributed by atoms with van der Waals surface area (Å²) in [6.07, 6.45) is 1.74. The van der Waals surface area contributed by atoms with Gasteiger partial charge in [-0.05, 0) is 38.2 Å². The second-order valence-electron chi connectivity index (χ2n) is 4.44. The zero-order chi connectivity index (χ0) is 14.6. The second-order valence-corrected chi connectivity index (χ2v) is 4.44. The highest BCUT2D eigenvalue weighted by molar-refractivity contribution is 5.94. The van der Waals surface area contributed by atoms with Crippen LogP contribution in [0.1, 0.15) is 23.2 Å². The molecule has 0 radical (unpaired) electrons. The molecule has 0 bridgehead atoms. The van der Waals surface area contributed by atoms with Crippen molar-refractivity contribution in [1.29, 1.82) is 0 Å². The molecule has 1 amide bonds. The molecule has 112 valence electrons. The molecule has 1 aromatic rings. The van der Waals surface area contributed by atoms with Gasteiger partial charge in [0, 0.05) is 32.2 Å². The van der Waals surface area contributed by atoms with Gasteiger partial charge in [-0.1, -0.05) is 6.07 Å². The zero-order valence-corrected chi connectivity index (χ0v) is 12.3. The van der Waals surface area contributed by atoms with Gasteiger partial charge in [0.2, 0.25) is 0 Å². The van der Waals surface area contributed by atoms with Crippen molar-refractivity contribution < 1.29 is 14.3 Å². The van der Waals surface area contributed by atoms with E-state index in [4.69, 9.17) is 9.47 Å². The first-order chi connectivity index (χ1) is 9.77. The van der Waals surface area contributed by atoms with Crippen molar-refractivity contribution in [3.63, 3.8) is 0 Å². The second kappa shape index (κ2) is 10.2. The summed E-state index contributed by atoms with van der Waals surface area (Å²) in [7, 11) is 3.56. The number of nitrogens with one attached hydrogen (secondary N) is 2. The normalized spacial score (nSPS) is 10.3. The maximum atomic E-state index is 11.9. The summed E-state index contributed by atoms with van der Waals surface area (Å²) in [4.78, 5) is 11.9. The van der Waals surface area contributed by atoms with E-state index in [1.54, 1.807) is 19.2 Å². The lowest BCUT2D eigenvalue weighted by atomic mass is 10.2. The van der Waals surface area contributed by atoms with Crippen LogP contribution in [0.4, 0.5) is 0 Å². The molecular weight excluding hydrogens is 256 g/mol. The van der Waals surface area contributed by atoms with Gasteiger partial charge < -0.3 is 20.1 Å². The minimum Gasteiger partial charge on any atom is -0.493 e. The number of carbonyl (C=O) groups is 1. The first kappa shape index (κ1) is 16.5. The highest BCUT2D eigenvalue weighted by atomic mass is 16.5. The van der Waals surface area contributed by atoms with E-state index in [0.29, 0.717) is 31.1 Å². The summed E-state index contributed by atoms with van der Waals surface area (Å²) in [5.74, 6) is 0.646. The number of methoxy groups -OCH3 is 1. The van der Waals surface area contributed by atoms with Gasteiger partial charge in [-0.15, -0.1) is 0 Å². The van der Waals surface area contributed by atoms with E-state index >= 15 is 0 Å². The van der Waals surface area contributed by atoms with Gasteiger partial charge in [0.1, 0.15) is 5.75 Å². The van der Waals surface area contributed by atoms with Crippen LogP contribution in [-0.4, -0.2) is 46.4 Å². The van der Waals surface area contributed by atoms with Crippen molar-refractivity contribution >= 4 is 5.91 Å². The first-order valence-electron chi connectivity index (χ1n) is 6.92. The molecule has 0 saturated heterocycles. The summed E-state index contributed by atoms with van der Waals surface area (Å²) in [5.41, 5.74) is 0.624. The standard InChI is InChI=1S/C15H24N2O3/c1-16-8-4-9-17-15(18)13-6-3-7-14(12-13)20-11-5-10-19-2/h3,6-7,12,16H,4-5,8-11H2,1-2H3,(H,17,18). The van der Waals surface area contributed by atoms with Crippen molar-refractivity contribution in [3.05, 3.63) is 29.8 Å². The van der Waals surface area contributed by atoms with Gasteiger partial charge in [-0.3, -0.25) is 4.79 Å². The predicted molar refractivity (Wildman–Crippen MR) is 79.3 cm³/mol. The number of carbonyl (C=O) groups excluding carboxylic acids is 1. The molecule has 0 fully saturated rings. The summed E-state index contributed by atoms with van der Waals surface area (Å²) in [6.45, 7) is 2.81. The Balaban J connectivity index is 2.39. The Labute approximate surface area is 120 Å². The van der Waals surface area contributed by atoms with E-state index in [-0.39, 0.29) is 5.91 Å². The lowest BCUT2D eigenvalue weighted by molar-refractivity contribution is 0.0952. The number of amides is 1. The van der Waals surface area contributed by atoms with E-state index in [1.807, 2.05) is 19.2 Å². The van der Waals surface area contributed by atoms with Crippen LogP contribution in [0.15, 0.2) is 24.3 Å². The minimum absolute atomic E-state index is 0.0663. The van der Waals surface area contributed by atoms with Gasteiger partial charge in [0.15, 0.2) is 0 Å². The van der Waals surface area contributed by atoms with Crippen LogP contribution in [0, 0.1) is 0 Å². The largest absolute Gasteiger partial charge is 0.493 e. The van der Waals surface area contributed by atoms with Crippen LogP contribution in [0.2, 0.25) is 0 Å². The third-order valence-electron chi connectivity index (χ3n) is 2.75. The molecule has 0 heterocycles. The van der Waals surface area contributed by atoms with Crippen LogP contribution >= 0.6 is 0 Å². The Morgan fingerprint density at radius 2 is 2.05 bits per heavy atom. The lowest BCUT2D eigenvalue weighted by Crippen LogP contribution is -2.26. The Bertz CT molecular complexity index is 396. The third kappa shape index (κ3) is 6.54. The number of benzene rings is 1.